The quantitative estimate of drug-likeness (QED) is 0.666. The van der Waals surface area contributed by atoms with Crippen LogP contribution in [0.15, 0.2) is 53.2 Å². The Labute approximate surface area is 135 Å². The van der Waals surface area contributed by atoms with E-state index in [1.807, 2.05) is 13.8 Å². The zero-order chi connectivity index (χ0) is 16.8. The molecule has 1 aliphatic carbocycles. The van der Waals surface area contributed by atoms with E-state index in [1.165, 1.54) is 12.1 Å². The molecule has 0 heterocycles. The minimum Gasteiger partial charge on any atom is -0.481 e. The predicted molar refractivity (Wildman–Crippen MR) is 88.8 cm³/mol. The van der Waals surface area contributed by atoms with Gasteiger partial charge in [-0.1, -0.05) is 30.4 Å². The summed E-state index contributed by atoms with van der Waals surface area (Å²) in [6, 6.07) is 5.95. The molecule has 122 valence electrons. The van der Waals surface area contributed by atoms with E-state index in [0.717, 1.165) is 29.7 Å². The Balaban J connectivity index is 1.90. The van der Waals surface area contributed by atoms with Crippen LogP contribution in [0.1, 0.15) is 26.7 Å². The minimum atomic E-state index is -0.498. The van der Waals surface area contributed by atoms with E-state index in [1.54, 1.807) is 12.1 Å². The molecule has 5 heteroatoms. The van der Waals surface area contributed by atoms with Crippen LogP contribution in [0.25, 0.3) is 0 Å². The molecule has 0 unspecified atom stereocenters. The van der Waals surface area contributed by atoms with Crippen LogP contribution in [0.2, 0.25) is 0 Å². The number of carbonyl (C=O) groups excluding carboxylic acids is 1. The molecule has 0 aliphatic heterocycles. The molecule has 1 atom stereocenters. The largest absolute Gasteiger partial charge is 0.481 e. The van der Waals surface area contributed by atoms with E-state index in [9.17, 15) is 9.18 Å². The molecule has 0 spiro atoms. The maximum Gasteiger partial charge on any atom is 0.277 e. The Kier molecular flexibility index (Phi) is 5.68. The van der Waals surface area contributed by atoms with Gasteiger partial charge < -0.3 is 4.74 Å². The van der Waals surface area contributed by atoms with Crippen molar-refractivity contribution in [1.29, 1.82) is 0 Å². The van der Waals surface area contributed by atoms with Crippen LogP contribution in [0.4, 0.5) is 4.39 Å². The molecular weight excluding hydrogens is 295 g/mol. The second-order valence-corrected chi connectivity index (χ2v) is 5.68. The lowest BCUT2D eigenvalue weighted by Crippen LogP contribution is -2.27. The molecule has 0 bridgehead atoms. The third-order valence-corrected chi connectivity index (χ3v) is 3.81. The number of carbonyl (C=O) groups is 1. The van der Waals surface area contributed by atoms with Gasteiger partial charge in [0.1, 0.15) is 0 Å². The summed E-state index contributed by atoms with van der Waals surface area (Å²) in [5.74, 6) is -0.525. The number of ether oxygens (including phenoxy) is 1. The Morgan fingerprint density at radius 1 is 1.48 bits per heavy atom. The van der Waals surface area contributed by atoms with Gasteiger partial charge in [0.25, 0.3) is 5.91 Å². The van der Waals surface area contributed by atoms with Crippen molar-refractivity contribution >= 4 is 11.6 Å². The molecule has 1 N–H and O–H groups in total. The van der Waals surface area contributed by atoms with Crippen molar-refractivity contribution in [2.45, 2.75) is 26.7 Å². The SMILES string of the molecule is C=C(C)[C@H]1CC=C(C)C(=NNC(=O)COc2ccccc2F)C1. The van der Waals surface area contributed by atoms with Gasteiger partial charge in [0.05, 0.1) is 5.71 Å². The van der Waals surface area contributed by atoms with Gasteiger partial charge in [0.2, 0.25) is 0 Å². The fraction of sp³-hybridized carbons (Fsp3) is 0.333. The molecule has 1 aromatic carbocycles. The van der Waals surface area contributed by atoms with Crippen molar-refractivity contribution < 1.29 is 13.9 Å². The molecule has 0 aromatic heterocycles. The first kappa shape index (κ1) is 16.9. The van der Waals surface area contributed by atoms with Crippen molar-refractivity contribution in [3.8, 4) is 5.75 Å². The highest BCUT2D eigenvalue weighted by Gasteiger charge is 2.18. The van der Waals surface area contributed by atoms with Gasteiger partial charge in [0, 0.05) is 0 Å². The van der Waals surface area contributed by atoms with Crippen molar-refractivity contribution in [1.82, 2.24) is 5.43 Å². The molecular formula is C18H21FN2O2. The van der Waals surface area contributed by atoms with Crippen LogP contribution in [-0.2, 0) is 4.79 Å². The lowest BCUT2D eigenvalue weighted by Gasteiger charge is -2.22. The summed E-state index contributed by atoms with van der Waals surface area (Å²) in [5.41, 5.74) is 5.46. The van der Waals surface area contributed by atoms with Crippen LogP contribution in [0.3, 0.4) is 0 Å². The molecule has 0 radical (unpaired) electrons. The van der Waals surface area contributed by atoms with E-state index in [4.69, 9.17) is 4.74 Å². The molecule has 4 nitrogen and oxygen atoms in total. The smallest absolute Gasteiger partial charge is 0.277 e. The van der Waals surface area contributed by atoms with Crippen LogP contribution >= 0.6 is 0 Å². The van der Waals surface area contributed by atoms with Gasteiger partial charge in [-0.3, -0.25) is 4.79 Å². The number of halogens is 1. The summed E-state index contributed by atoms with van der Waals surface area (Å²) in [4.78, 5) is 11.8. The standard InChI is InChI=1S/C18H21FN2O2/c1-12(2)14-9-8-13(3)16(10-14)20-21-18(22)11-23-17-7-5-4-6-15(17)19/h4-8,14H,1,9-11H2,2-3H3,(H,21,22)/t14-/m0/s1. The fourth-order valence-corrected chi connectivity index (χ4v) is 2.29. The van der Waals surface area contributed by atoms with Gasteiger partial charge in [-0.15, -0.1) is 0 Å². The minimum absolute atomic E-state index is 0.0476. The Hall–Kier alpha value is -2.43. The number of hydrogen-bond donors (Lipinski definition) is 1. The lowest BCUT2D eigenvalue weighted by molar-refractivity contribution is -0.123. The third kappa shape index (κ3) is 4.77. The van der Waals surface area contributed by atoms with E-state index in [2.05, 4.69) is 23.2 Å². The molecule has 1 amide bonds. The fourth-order valence-electron chi connectivity index (χ4n) is 2.29. The average molecular weight is 316 g/mol. The highest BCUT2D eigenvalue weighted by molar-refractivity contribution is 6.01. The van der Waals surface area contributed by atoms with E-state index in [0.29, 0.717) is 5.92 Å². The summed E-state index contributed by atoms with van der Waals surface area (Å²) in [6.45, 7) is 7.66. The zero-order valence-corrected chi connectivity index (χ0v) is 13.4. The summed E-state index contributed by atoms with van der Waals surface area (Å²) in [5, 5.41) is 4.17. The first-order valence-corrected chi connectivity index (χ1v) is 7.52. The predicted octanol–water partition coefficient (Wildman–Crippen LogP) is 3.61. The number of hydrogen-bond acceptors (Lipinski definition) is 3. The molecule has 1 aliphatic rings. The van der Waals surface area contributed by atoms with Gasteiger partial charge >= 0.3 is 0 Å². The number of amides is 1. The molecule has 0 saturated carbocycles. The van der Waals surface area contributed by atoms with E-state index >= 15 is 0 Å². The highest BCUT2D eigenvalue weighted by Crippen LogP contribution is 2.26. The molecule has 23 heavy (non-hydrogen) atoms. The number of para-hydroxylation sites is 1. The van der Waals surface area contributed by atoms with Crippen molar-refractivity contribution in [3.05, 3.63) is 53.9 Å². The maximum absolute atomic E-state index is 13.4. The Bertz CT molecular complexity index is 665. The summed E-state index contributed by atoms with van der Waals surface area (Å²) < 4.78 is 18.5. The number of rotatable bonds is 5. The van der Waals surface area contributed by atoms with Crippen molar-refractivity contribution in [2.24, 2.45) is 11.0 Å². The highest BCUT2D eigenvalue weighted by atomic mass is 19.1. The average Bonchev–Trinajstić information content (AvgIpc) is 2.53. The molecule has 0 fully saturated rings. The van der Waals surface area contributed by atoms with Crippen LogP contribution < -0.4 is 10.2 Å². The van der Waals surface area contributed by atoms with Crippen LogP contribution in [0.5, 0.6) is 5.75 Å². The van der Waals surface area contributed by atoms with Gasteiger partial charge in [-0.25, -0.2) is 9.82 Å². The number of nitrogens with one attached hydrogen (secondary N) is 1. The second-order valence-electron chi connectivity index (χ2n) is 5.68. The second kappa shape index (κ2) is 7.72. The first-order chi connectivity index (χ1) is 11.0. The molecule has 0 saturated heterocycles. The number of hydrazone groups is 1. The number of allylic oxidation sites excluding steroid dienone is 3. The van der Waals surface area contributed by atoms with Gasteiger partial charge in [0.15, 0.2) is 18.2 Å². The molecule has 1 aromatic rings. The lowest BCUT2D eigenvalue weighted by atomic mass is 9.85. The van der Waals surface area contributed by atoms with E-state index in [-0.39, 0.29) is 12.4 Å². The summed E-state index contributed by atoms with van der Waals surface area (Å²) in [6.07, 6.45) is 3.81. The van der Waals surface area contributed by atoms with E-state index < -0.39 is 11.7 Å². The van der Waals surface area contributed by atoms with Crippen LogP contribution in [-0.4, -0.2) is 18.2 Å². The maximum atomic E-state index is 13.4. The number of nitrogens with zero attached hydrogens (tertiary/aromatic N) is 1. The monoisotopic (exact) mass is 316 g/mol. The zero-order valence-electron chi connectivity index (χ0n) is 13.4. The normalized spacial score (nSPS) is 19.2. The van der Waals surface area contributed by atoms with Gasteiger partial charge in [-0.05, 0) is 50.3 Å². The topological polar surface area (TPSA) is 50.7 Å². The van der Waals surface area contributed by atoms with Crippen molar-refractivity contribution in [2.75, 3.05) is 6.61 Å². The summed E-state index contributed by atoms with van der Waals surface area (Å²) in [7, 11) is 0. The summed E-state index contributed by atoms with van der Waals surface area (Å²) >= 11 is 0. The first-order valence-electron chi connectivity index (χ1n) is 7.52. The Morgan fingerprint density at radius 3 is 2.91 bits per heavy atom. The van der Waals surface area contributed by atoms with Crippen molar-refractivity contribution in [3.63, 3.8) is 0 Å². The third-order valence-electron chi connectivity index (χ3n) is 3.81. The van der Waals surface area contributed by atoms with Gasteiger partial charge in [-0.2, -0.15) is 5.10 Å². The molecule has 2 rings (SSSR count). The van der Waals surface area contributed by atoms with Crippen LogP contribution in [0, 0.1) is 11.7 Å². The Morgan fingerprint density at radius 2 is 2.22 bits per heavy atom. The number of benzene rings is 1.